The Morgan fingerprint density at radius 1 is 1.22 bits per heavy atom. The lowest BCUT2D eigenvalue weighted by Gasteiger charge is -2.15. The van der Waals surface area contributed by atoms with Crippen LogP contribution in [0.15, 0.2) is 6.07 Å². The molecule has 0 bridgehead atoms. The second-order valence-corrected chi connectivity index (χ2v) is 3.92. The standard InChI is InChI=1S/C13H13NO4/c1-16-10-5-8-9(4-7(6-14)11(8)15)12(17-2)13(10)18-3/h5,7H,4H2,1-3H3. The van der Waals surface area contributed by atoms with E-state index in [1.807, 2.05) is 6.07 Å². The summed E-state index contributed by atoms with van der Waals surface area (Å²) in [6.07, 6.45) is 0.355. The van der Waals surface area contributed by atoms with Crippen molar-refractivity contribution in [3.63, 3.8) is 0 Å². The summed E-state index contributed by atoms with van der Waals surface area (Å²) in [7, 11) is 4.50. The monoisotopic (exact) mass is 247 g/mol. The molecule has 5 heteroatoms. The molecule has 94 valence electrons. The van der Waals surface area contributed by atoms with E-state index in [0.29, 0.717) is 34.8 Å². The van der Waals surface area contributed by atoms with Gasteiger partial charge in [-0.25, -0.2) is 0 Å². The number of Topliss-reactive ketones (excluding diaryl/α,β-unsaturated/α-hetero) is 1. The van der Waals surface area contributed by atoms with Gasteiger partial charge in [0.2, 0.25) is 5.75 Å². The lowest BCUT2D eigenvalue weighted by atomic mass is 10.1. The fourth-order valence-corrected chi connectivity index (χ4v) is 2.23. The molecule has 1 aromatic rings. The molecule has 0 aromatic heterocycles. The van der Waals surface area contributed by atoms with Gasteiger partial charge in [0.1, 0.15) is 5.92 Å². The number of ketones is 1. The minimum atomic E-state index is -0.647. The summed E-state index contributed by atoms with van der Waals surface area (Å²) in [5, 5.41) is 8.95. The van der Waals surface area contributed by atoms with E-state index in [2.05, 4.69) is 0 Å². The minimum Gasteiger partial charge on any atom is -0.493 e. The molecule has 5 nitrogen and oxygen atoms in total. The maximum atomic E-state index is 12.0. The number of nitrogens with zero attached hydrogens (tertiary/aromatic N) is 1. The van der Waals surface area contributed by atoms with Crippen LogP contribution in [0.5, 0.6) is 17.2 Å². The summed E-state index contributed by atoms with van der Waals surface area (Å²) < 4.78 is 15.7. The van der Waals surface area contributed by atoms with Crippen LogP contribution in [0.3, 0.4) is 0 Å². The molecule has 0 radical (unpaired) electrons. The smallest absolute Gasteiger partial charge is 0.203 e. The van der Waals surface area contributed by atoms with Crippen LogP contribution in [-0.2, 0) is 6.42 Å². The Bertz CT molecular complexity index is 545. The van der Waals surface area contributed by atoms with E-state index >= 15 is 0 Å². The fraction of sp³-hybridized carbons (Fsp3) is 0.385. The average molecular weight is 247 g/mol. The molecule has 0 amide bonds. The molecule has 18 heavy (non-hydrogen) atoms. The van der Waals surface area contributed by atoms with Crippen LogP contribution in [0, 0.1) is 17.2 Å². The van der Waals surface area contributed by atoms with Crippen molar-refractivity contribution in [2.24, 2.45) is 5.92 Å². The summed E-state index contributed by atoms with van der Waals surface area (Å²) >= 11 is 0. The van der Waals surface area contributed by atoms with Gasteiger partial charge in [-0.3, -0.25) is 4.79 Å². The molecule has 0 N–H and O–H groups in total. The van der Waals surface area contributed by atoms with Crippen LogP contribution >= 0.6 is 0 Å². The zero-order valence-corrected chi connectivity index (χ0v) is 10.4. The first kappa shape index (κ1) is 12.2. The molecule has 0 saturated heterocycles. The number of benzene rings is 1. The number of ether oxygens (including phenoxy) is 3. The van der Waals surface area contributed by atoms with E-state index in [0.717, 1.165) is 0 Å². The minimum absolute atomic E-state index is 0.188. The molecule has 1 aliphatic rings. The number of fused-ring (bicyclic) bond motifs is 1. The first-order valence-electron chi connectivity index (χ1n) is 5.43. The van der Waals surface area contributed by atoms with E-state index in [9.17, 15) is 4.79 Å². The predicted octanol–water partition coefficient (Wildman–Crippen LogP) is 1.59. The number of hydrogen-bond donors (Lipinski definition) is 0. The van der Waals surface area contributed by atoms with Crippen molar-refractivity contribution in [2.75, 3.05) is 21.3 Å². The van der Waals surface area contributed by atoms with E-state index in [1.165, 1.54) is 21.3 Å². The Morgan fingerprint density at radius 2 is 1.89 bits per heavy atom. The molecule has 1 unspecified atom stereocenters. The van der Waals surface area contributed by atoms with Gasteiger partial charge < -0.3 is 14.2 Å². The normalized spacial score (nSPS) is 17.0. The van der Waals surface area contributed by atoms with Crippen LogP contribution in [0.25, 0.3) is 0 Å². The summed E-state index contributed by atoms with van der Waals surface area (Å²) in [4.78, 5) is 12.0. The number of hydrogen-bond acceptors (Lipinski definition) is 5. The van der Waals surface area contributed by atoms with Gasteiger partial charge in [0.05, 0.1) is 27.4 Å². The third-order valence-corrected chi connectivity index (χ3v) is 3.08. The number of rotatable bonds is 3. The van der Waals surface area contributed by atoms with E-state index < -0.39 is 5.92 Å². The lowest BCUT2D eigenvalue weighted by Crippen LogP contribution is -2.05. The zero-order chi connectivity index (χ0) is 13.3. The van der Waals surface area contributed by atoms with Crippen molar-refractivity contribution in [1.82, 2.24) is 0 Å². The van der Waals surface area contributed by atoms with Crippen molar-refractivity contribution in [3.05, 3.63) is 17.2 Å². The Balaban J connectivity index is 2.68. The third-order valence-electron chi connectivity index (χ3n) is 3.08. The Kier molecular flexibility index (Phi) is 3.11. The molecule has 1 aliphatic carbocycles. The second-order valence-electron chi connectivity index (χ2n) is 3.92. The molecule has 0 aliphatic heterocycles. The summed E-state index contributed by atoms with van der Waals surface area (Å²) in [6.45, 7) is 0. The molecule has 1 aromatic carbocycles. The molecular formula is C13H13NO4. The van der Waals surface area contributed by atoms with E-state index in [4.69, 9.17) is 19.5 Å². The first-order valence-corrected chi connectivity index (χ1v) is 5.43. The van der Waals surface area contributed by atoms with Crippen LogP contribution in [0.4, 0.5) is 0 Å². The maximum absolute atomic E-state index is 12.0. The van der Waals surface area contributed by atoms with E-state index in [1.54, 1.807) is 6.07 Å². The zero-order valence-electron chi connectivity index (χ0n) is 10.4. The quantitative estimate of drug-likeness (QED) is 0.811. The largest absolute Gasteiger partial charge is 0.493 e. The number of nitriles is 1. The van der Waals surface area contributed by atoms with Crippen molar-refractivity contribution in [2.45, 2.75) is 6.42 Å². The van der Waals surface area contributed by atoms with Crippen molar-refractivity contribution in [1.29, 1.82) is 5.26 Å². The summed E-state index contributed by atoms with van der Waals surface area (Å²) in [6, 6.07) is 3.61. The first-order chi connectivity index (χ1) is 8.67. The molecule has 0 spiro atoms. The van der Waals surface area contributed by atoms with Gasteiger partial charge in [-0.15, -0.1) is 0 Å². The van der Waals surface area contributed by atoms with Gasteiger partial charge in [0.25, 0.3) is 0 Å². The van der Waals surface area contributed by atoms with Crippen molar-refractivity contribution in [3.8, 4) is 23.3 Å². The van der Waals surface area contributed by atoms with Crippen LogP contribution in [-0.4, -0.2) is 27.1 Å². The molecule has 0 heterocycles. The van der Waals surface area contributed by atoms with Gasteiger partial charge in [0, 0.05) is 17.5 Å². The van der Waals surface area contributed by atoms with Gasteiger partial charge >= 0.3 is 0 Å². The fourth-order valence-electron chi connectivity index (χ4n) is 2.23. The summed E-state index contributed by atoms with van der Waals surface area (Å²) in [5.74, 6) is 0.514. The molecular weight excluding hydrogens is 234 g/mol. The highest BCUT2D eigenvalue weighted by Gasteiger charge is 2.35. The molecule has 0 saturated carbocycles. The van der Waals surface area contributed by atoms with Crippen LogP contribution in [0.2, 0.25) is 0 Å². The van der Waals surface area contributed by atoms with Gasteiger partial charge in [-0.2, -0.15) is 5.26 Å². The topological polar surface area (TPSA) is 68.6 Å². The second kappa shape index (κ2) is 4.57. The highest BCUT2D eigenvalue weighted by Crippen LogP contribution is 2.45. The summed E-state index contributed by atoms with van der Waals surface area (Å²) in [5.41, 5.74) is 1.20. The van der Waals surface area contributed by atoms with E-state index in [-0.39, 0.29) is 5.78 Å². The highest BCUT2D eigenvalue weighted by atomic mass is 16.5. The number of methoxy groups -OCH3 is 3. The Hall–Kier alpha value is -2.22. The SMILES string of the molecule is COc1cc2c(c(OC)c1OC)CC(C#N)C2=O. The average Bonchev–Trinajstić information content (AvgIpc) is 2.72. The van der Waals surface area contributed by atoms with Crippen LogP contribution < -0.4 is 14.2 Å². The Labute approximate surface area is 105 Å². The van der Waals surface area contributed by atoms with Gasteiger partial charge in [-0.05, 0) is 6.07 Å². The number of carbonyl (C=O) groups is 1. The highest BCUT2D eigenvalue weighted by molar-refractivity contribution is 6.05. The van der Waals surface area contributed by atoms with Crippen molar-refractivity contribution < 1.29 is 19.0 Å². The Morgan fingerprint density at radius 3 is 2.39 bits per heavy atom. The predicted molar refractivity (Wildman–Crippen MR) is 63.2 cm³/mol. The number of carbonyl (C=O) groups excluding carboxylic acids is 1. The van der Waals surface area contributed by atoms with Crippen LogP contribution in [0.1, 0.15) is 15.9 Å². The van der Waals surface area contributed by atoms with Gasteiger partial charge in [-0.1, -0.05) is 0 Å². The van der Waals surface area contributed by atoms with Crippen molar-refractivity contribution >= 4 is 5.78 Å². The lowest BCUT2D eigenvalue weighted by molar-refractivity contribution is 0.0963. The third kappa shape index (κ3) is 1.58. The molecule has 1 atom stereocenters. The molecule has 2 rings (SSSR count). The maximum Gasteiger partial charge on any atom is 0.203 e. The molecule has 0 fully saturated rings. The van der Waals surface area contributed by atoms with Gasteiger partial charge in [0.15, 0.2) is 17.3 Å².